The Morgan fingerprint density at radius 2 is 2.05 bits per heavy atom. The minimum absolute atomic E-state index is 0.0251. The van der Waals surface area contributed by atoms with Gasteiger partial charge in [0.2, 0.25) is 5.91 Å². The van der Waals surface area contributed by atoms with Crippen molar-refractivity contribution in [1.82, 2.24) is 20.8 Å². The number of carboxylic acid groups (broad SMARTS) is 1. The van der Waals surface area contributed by atoms with Gasteiger partial charge in [-0.1, -0.05) is 6.42 Å². The molecule has 1 aromatic heterocycles. The monoisotopic (exact) mass is 296 g/mol. The summed E-state index contributed by atoms with van der Waals surface area (Å²) in [4.78, 5) is 21.7. The lowest BCUT2D eigenvalue weighted by atomic mass is 10.2. The summed E-state index contributed by atoms with van der Waals surface area (Å²) in [6, 6.07) is 0. The number of H-pyrrole nitrogens is 1. The number of unbranched alkanes of at least 4 members (excludes halogenated alkanes) is 2. The normalized spacial score (nSPS) is 10.5. The minimum Gasteiger partial charge on any atom is -0.481 e. The van der Waals surface area contributed by atoms with Crippen LogP contribution in [0.1, 0.15) is 43.4 Å². The lowest BCUT2D eigenvalue weighted by Gasteiger charge is -2.05. The molecule has 1 amide bonds. The highest BCUT2D eigenvalue weighted by molar-refractivity contribution is 5.76. The molecule has 0 unspecified atom stereocenters. The lowest BCUT2D eigenvalue weighted by Crippen LogP contribution is -2.25. The summed E-state index contributed by atoms with van der Waals surface area (Å²) in [6.45, 7) is 3.91. The van der Waals surface area contributed by atoms with E-state index in [1.807, 2.05) is 6.92 Å². The Hall–Kier alpha value is -1.89. The van der Waals surface area contributed by atoms with Gasteiger partial charge in [-0.2, -0.15) is 5.10 Å². The zero-order chi connectivity index (χ0) is 15.5. The van der Waals surface area contributed by atoms with Crippen LogP contribution < -0.4 is 10.6 Å². The Morgan fingerprint density at radius 3 is 2.71 bits per heavy atom. The number of aromatic amines is 1. The largest absolute Gasteiger partial charge is 0.481 e. The van der Waals surface area contributed by atoms with E-state index < -0.39 is 5.97 Å². The van der Waals surface area contributed by atoms with E-state index in [9.17, 15) is 9.59 Å². The smallest absolute Gasteiger partial charge is 0.305 e. The number of nitrogens with zero attached hydrogens (tertiary/aromatic N) is 1. The van der Waals surface area contributed by atoms with E-state index in [0.29, 0.717) is 6.42 Å². The third-order valence-corrected chi connectivity index (χ3v) is 3.15. The molecule has 7 heteroatoms. The molecule has 1 aromatic rings. The van der Waals surface area contributed by atoms with Crippen molar-refractivity contribution in [3.05, 3.63) is 17.5 Å². The summed E-state index contributed by atoms with van der Waals surface area (Å²) in [7, 11) is 0. The van der Waals surface area contributed by atoms with Crippen LogP contribution in [0.5, 0.6) is 0 Å². The van der Waals surface area contributed by atoms with Gasteiger partial charge in [-0.25, -0.2) is 0 Å². The quantitative estimate of drug-likeness (QED) is 0.455. The SMILES string of the molecule is Cc1cn[nH]c1CNCCCCCC(=O)NCCC(=O)O. The molecule has 4 N–H and O–H groups in total. The van der Waals surface area contributed by atoms with E-state index in [1.165, 1.54) is 0 Å². The van der Waals surface area contributed by atoms with E-state index in [-0.39, 0.29) is 18.9 Å². The van der Waals surface area contributed by atoms with Crippen LogP contribution in [0.25, 0.3) is 0 Å². The molecule has 1 rings (SSSR count). The Labute approximate surface area is 124 Å². The van der Waals surface area contributed by atoms with E-state index in [4.69, 9.17) is 5.11 Å². The first-order valence-corrected chi connectivity index (χ1v) is 7.27. The Kier molecular flexibility index (Phi) is 8.11. The first-order valence-electron chi connectivity index (χ1n) is 7.27. The van der Waals surface area contributed by atoms with E-state index in [2.05, 4.69) is 20.8 Å². The molecular weight excluding hydrogens is 272 g/mol. The van der Waals surface area contributed by atoms with Crippen LogP contribution in [-0.4, -0.2) is 40.3 Å². The van der Waals surface area contributed by atoms with Crippen molar-refractivity contribution in [1.29, 1.82) is 0 Å². The average molecular weight is 296 g/mol. The number of aliphatic carboxylic acids is 1. The fourth-order valence-electron chi connectivity index (χ4n) is 1.88. The van der Waals surface area contributed by atoms with E-state index in [0.717, 1.165) is 43.6 Å². The van der Waals surface area contributed by atoms with Crippen LogP contribution in [0, 0.1) is 6.92 Å². The van der Waals surface area contributed by atoms with Crippen molar-refractivity contribution < 1.29 is 14.7 Å². The second-order valence-corrected chi connectivity index (χ2v) is 5.01. The van der Waals surface area contributed by atoms with Gasteiger partial charge in [0.25, 0.3) is 0 Å². The van der Waals surface area contributed by atoms with Gasteiger partial charge in [0.15, 0.2) is 0 Å². The summed E-state index contributed by atoms with van der Waals surface area (Å²) >= 11 is 0. The van der Waals surface area contributed by atoms with Gasteiger partial charge in [0, 0.05) is 19.5 Å². The van der Waals surface area contributed by atoms with Crippen molar-refractivity contribution >= 4 is 11.9 Å². The van der Waals surface area contributed by atoms with Crippen LogP contribution in [0.3, 0.4) is 0 Å². The molecule has 0 aliphatic heterocycles. The maximum absolute atomic E-state index is 11.4. The van der Waals surface area contributed by atoms with Crippen LogP contribution >= 0.6 is 0 Å². The first-order chi connectivity index (χ1) is 10.1. The van der Waals surface area contributed by atoms with E-state index >= 15 is 0 Å². The Bertz CT molecular complexity index is 445. The molecule has 0 atom stereocenters. The van der Waals surface area contributed by atoms with Gasteiger partial charge < -0.3 is 15.7 Å². The van der Waals surface area contributed by atoms with Crippen molar-refractivity contribution in [3.63, 3.8) is 0 Å². The highest BCUT2D eigenvalue weighted by Gasteiger charge is 2.03. The Balaban J connectivity index is 1.91. The molecular formula is C14H24N4O3. The molecule has 0 aliphatic carbocycles. The lowest BCUT2D eigenvalue weighted by molar-refractivity contribution is -0.136. The number of amides is 1. The second-order valence-electron chi connectivity index (χ2n) is 5.01. The molecule has 0 aliphatic rings. The number of hydrogen-bond donors (Lipinski definition) is 4. The fourth-order valence-corrected chi connectivity index (χ4v) is 1.88. The molecule has 21 heavy (non-hydrogen) atoms. The minimum atomic E-state index is -0.895. The number of nitrogens with one attached hydrogen (secondary N) is 3. The van der Waals surface area contributed by atoms with Gasteiger partial charge in [-0.15, -0.1) is 0 Å². The first kappa shape index (κ1) is 17.2. The molecule has 0 radical (unpaired) electrons. The molecule has 0 bridgehead atoms. The molecule has 1 heterocycles. The van der Waals surface area contributed by atoms with Gasteiger partial charge in [-0.3, -0.25) is 14.7 Å². The third kappa shape index (κ3) is 8.09. The van der Waals surface area contributed by atoms with E-state index in [1.54, 1.807) is 6.20 Å². The molecule has 118 valence electrons. The van der Waals surface area contributed by atoms with Crippen molar-refractivity contribution in [2.24, 2.45) is 0 Å². The molecule has 0 spiro atoms. The topological polar surface area (TPSA) is 107 Å². The summed E-state index contributed by atoms with van der Waals surface area (Å²) in [5.74, 6) is -0.967. The third-order valence-electron chi connectivity index (χ3n) is 3.15. The van der Waals surface area contributed by atoms with Crippen molar-refractivity contribution in [2.45, 2.75) is 45.6 Å². The number of aryl methyl sites for hydroxylation is 1. The number of carboxylic acids is 1. The van der Waals surface area contributed by atoms with Crippen LogP contribution in [-0.2, 0) is 16.1 Å². The van der Waals surface area contributed by atoms with Crippen LogP contribution in [0.4, 0.5) is 0 Å². The molecule has 0 saturated carbocycles. The highest BCUT2D eigenvalue weighted by atomic mass is 16.4. The zero-order valence-corrected chi connectivity index (χ0v) is 12.4. The standard InChI is InChI=1S/C14H24N4O3/c1-11-9-17-18-12(11)10-15-7-4-2-3-5-13(19)16-8-6-14(20)21/h9,15H,2-8,10H2,1H3,(H,16,19)(H,17,18)(H,20,21). The summed E-state index contributed by atoms with van der Waals surface area (Å²) in [5, 5.41) is 21.3. The summed E-state index contributed by atoms with van der Waals surface area (Å²) in [6.07, 6.45) is 5.04. The van der Waals surface area contributed by atoms with Crippen LogP contribution in [0.2, 0.25) is 0 Å². The predicted molar refractivity (Wildman–Crippen MR) is 78.8 cm³/mol. The summed E-state index contributed by atoms with van der Waals surface area (Å²) in [5.41, 5.74) is 2.26. The number of carbonyl (C=O) groups excluding carboxylic acids is 1. The molecule has 0 aromatic carbocycles. The van der Waals surface area contributed by atoms with Gasteiger partial charge >= 0.3 is 5.97 Å². The Morgan fingerprint density at radius 1 is 1.24 bits per heavy atom. The number of carbonyl (C=O) groups is 2. The number of rotatable bonds is 11. The van der Waals surface area contributed by atoms with Gasteiger partial charge in [-0.05, 0) is 31.9 Å². The van der Waals surface area contributed by atoms with Crippen molar-refractivity contribution in [3.8, 4) is 0 Å². The average Bonchev–Trinajstić information content (AvgIpc) is 2.83. The van der Waals surface area contributed by atoms with Gasteiger partial charge in [0.1, 0.15) is 0 Å². The number of hydrogen-bond acceptors (Lipinski definition) is 4. The highest BCUT2D eigenvalue weighted by Crippen LogP contribution is 2.02. The second kappa shape index (κ2) is 9.93. The van der Waals surface area contributed by atoms with Crippen LogP contribution in [0.15, 0.2) is 6.20 Å². The maximum atomic E-state index is 11.4. The zero-order valence-electron chi connectivity index (χ0n) is 12.4. The maximum Gasteiger partial charge on any atom is 0.305 e. The van der Waals surface area contributed by atoms with Gasteiger partial charge in [0.05, 0.1) is 18.3 Å². The molecule has 0 saturated heterocycles. The molecule has 7 nitrogen and oxygen atoms in total. The van der Waals surface area contributed by atoms with Crippen molar-refractivity contribution in [2.75, 3.05) is 13.1 Å². The summed E-state index contributed by atoms with van der Waals surface area (Å²) < 4.78 is 0. The predicted octanol–water partition coefficient (Wildman–Crippen LogP) is 0.959. The number of aromatic nitrogens is 2. The fraction of sp³-hybridized carbons (Fsp3) is 0.643. The molecule has 0 fully saturated rings.